The number of carbonyl (C=O) groups is 1. The van der Waals surface area contributed by atoms with E-state index in [2.05, 4.69) is 15.4 Å². The summed E-state index contributed by atoms with van der Waals surface area (Å²) in [6.07, 6.45) is 2.90. The number of nitrogens with zero attached hydrogens (tertiary/aromatic N) is 3. The molecule has 1 aliphatic rings. The molecular weight excluding hydrogens is 328 g/mol. The molecule has 0 radical (unpaired) electrons. The minimum Gasteiger partial charge on any atom is -0.454 e. The fourth-order valence-corrected chi connectivity index (χ4v) is 3.22. The van der Waals surface area contributed by atoms with E-state index in [1.54, 1.807) is 10.0 Å². The molecule has 0 aliphatic carbocycles. The lowest BCUT2D eigenvalue weighted by atomic mass is 10.1. The number of fused-ring (bicyclic) bond motifs is 2. The van der Waals surface area contributed by atoms with Crippen LogP contribution in [-0.4, -0.2) is 27.3 Å². The fourth-order valence-electron chi connectivity index (χ4n) is 2.61. The monoisotopic (exact) mass is 344 g/mol. The summed E-state index contributed by atoms with van der Waals surface area (Å²) in [4.78, 5) is 17.5. The molecule has 0 saturated heterocycles. The molecule has 1 amide bonds. The summed E-state index contributed by atoms with van der Waals surface area (Å²) < 4.78 is 12.4. The van der Waals surface area contributed by atoms with Gasteiger partial charge in [-0.15, -0.1) is 0 Å². The molecule has 4 rings (SSSR count). The van der Waals surface area contributed by atoms with Gasteiger partial charge < -0.3 is 14.8 Å². The Bertz CT molecular complexity index is 860. The summed E-state index contributed by atoms with van der Waals surface area (Å²) in [6.45, 7) is 2.18. The van der Waals surface area contributed by atoms with Crippen molar-refractivity contribution in [1.29, 1.82) is 0 Å². The van der Waals surface area contributed by atoms with Crippen LogP contribution in [0, 0.1) is 0 Å². The molecule has 7 nitrogen and oxygen atoms in total. The molecule has 1 aliphatic heterocycles. The Morgan fingerprint density at radius 1 is 1.42 bits per heavy atom. The van der Waals surface area contributed by atoms with Crippen LogP contribution in [0.5, 0.6) is 11.5 Å². The van der Waals surface area contributed by atoms with Crippen molar-refractivity contribution in [1.82, 2.24) is 19.9 Å². The average molecular weight is 344 g/mol. The second-order valence-corrected chi connectivity index (χ2v) is 6.42. The molecule has 0 unspecified atom stereocenters. The Balaban J connectivity index is 1.33. The predicted octanol–water partition coefficient (Wildman–Crippen LogP) is 2.33. The van der Waals surface area contributed by atoms with Crippen LogP contribution in [0.3, 0.4) is 0 Å². The summed E-state index contributed by atoms with van der Waals surface area (Å²) in [5, 5.41) is 7.12. The van der Waals surface area contributed by atoms with Gasteiger partial charge in [0.25, 0.3) is 0 Å². The maximum atomic E-state index is 12.2. The van der Waals surface area contributed by atoms with Crippen LogP contribution >= 0.6 is 11.3 Å². The van der Waals surface area contributed by atoms with Crippen LogP contribution in [0.4, 0.5) is 0 Å². The summed E-state index contributed by atoms with van der Waals surface area (Å²) in [7, 11) is 0. The zero-order valence-electron chi connectivity index (χ0n) is 13.1. The first-order valence-electron chi connectivity index (χ1n) is 7.66. The number of hydrogen-bond acceptors (Lipinski definition) is 6. The number of aryl methyl sites for hydroxylation is 1. The molecule has 24 heavy (non-hydrogen) atoms. The highest BCUT2D eigenvalue weighted by Crippen LogP contribution is 2.32. The van der Waals surface area contributed by atoms with Crippen molar-refractivity contribution in [2.75, 3.05) is 6.79 Å². The van der Waals surface area contributed by atoms with Gasteiger partial charge in [0.1, 0.15) is 5.51 Å². The number of aromatic nitrogens is 3. The lowest BCUT2D eigenvalue weighted by molar-refractivity contribution is -0.121. The normalized spacial score (nSPS) is 14.0. The van der Waals surface area contributed by atoms with Crippen molar-refractivity contribution < 1.29 is 14.3 Å². The SMILES string of the molecule is C[C@@H](NC(=O)CCc1ccc2c(c1)OCO2)c1cn2ncsc2n1. The fraction of sp³-hybridized carbons (Fsp3) is 0.312. The highest BCUT2D eigenvalue weighted by Gasteiger charge is 2.16. The van der Waals surface area contributed by atoms with Gasteiger partial charge in [0.2, 0.25) is 17.7 Å². The minimum absolute atomic E-state index is 0.00974. The first-order chi connectivity index (χ1) is 11.7. The Kier molecular flexibility index (Phi) is 3.81. The van der Waals surface area contributed by atoms with E-state index in [0.29, 0.717) is 12.8 Å². The maximum Gasteiger partial charge on any atom is 0.231 e. The third kappa shape index (κ3) is 2.92. The number of rotatable bonds is 5. The summed E-state index contributed by atoms with van der Waals surface area (Å²) in [5.41, 5.74) is 3.60. The van der Waals surface area contributed by atoms with Gasteiger partial charge >= 0.3 is 0 Å². The zero-order valence-corrected chi connectivity index (χ0v) is 13.9. The van der Waals surface area contributed by atoms with Crippen LogP contribution in [-0.2, 0) is 11.2 Å². The predicted molar refractivity (Wildman–Crippen MR) is 88.3 cm³/mol. The Hall–Kier alpha value is -2.61. The standard InChI is InChI=1S/C16H16N4O3S/c1-10(12-7-20-16(19-12)24-8-17-20)18-15(21)5-3-11-2-4-13-14(6-11)23-9-22-13/h2,4,6-8,10H,3,5,9H2,1H3,(H,18,21)/t10-/m1/s1. The maximum absolute atomic E-state index is 12.2. The molecule has 1 aromatic carbocycles. The van der Waals surface area contributed by atoms with Crippen molar-refractivity contribution in [3.63, 3.8) is 0 Å². The lowest BCUT2D eigenvalue weighted by Crippen LogP contribution is -2.27. The Labute approximate surface area is 142 Å². The van der Waals surface area contributed by atoms with Crippen LogP contribution in [0.15, 0.2) is 29.9 Å². The lowest BCUT2D eigenvalue weighted by Gasteiger charge is -2.11. The van der Waals surface area contributed by atoms with E-state index >= 15 is 0 Å². The number of hydrogen-bond donors (Lipinski definition) is 1. The number of ether oxygens (including phenoxy) is 2. The average Bonchev–Trinajstić information content (AvgIpc) is 3.27. The van der Waals surface area contributed by atoms with E-state index in [1.165, 1.54) is 11.3 Å². The number of nitrogens with one attached hydrogen (secondary N) is 1. The van der Waals surface area contributed by atoms with Gasteiger partial charge in [0.15, 0.2) is 11.5 Å². The van der Waals surface area contributed by atoms with Gasteiger partial charge in [-0.3, -0.25) is 4.79 Å². The number of amides is 1. The molecule has 0 spiro atoms. The minimum atomic E-state index is -0.150. The Morgan fingerprint density at radius 2 is 2.29 bits per heavy atom. The third-order valence-electron chi connectivity index (χ3n) is 3.90. The molecule has 124 valence electrons. The van der Waals surface area contributed by atoms with E-state index in [9.17, 15) is 4.79 Å². The highest BCUT2D eigenvalue weighted by molar-refractivity contribution is 7.14. The molecule has 0 fully saturated rings. The van der Waals surface area contributed by atoms with E-state index in [-0.39, 0.29) is 18.7 Å². The molecule has 0 saturated carbocycles. The number of imidazole rings is 1. The van der Waals surface area contributed by atoms with Crippen molar-refractivity contribution in [3.8, 4) is 11.5 Å². The van der Waals surface area contributed by atoms with E-state index in [1.807, 2.05) is 31.3 Å². The van der Waals surface area contributed by atoms with Crippen molar-refractivity contribution in [2.45, 2.75) is 25.8 Å². The topological polar surface area (TPSA) is 77.8 Å². The molecule has 0 bridgehead atoms. The van der Waals surface area contributed by atoms with Crippen LogP contribution in [0.1, 0.15) is 30.6 Å². The second-order valence-electron chi connectivity index (χ2n) is 5.61. The van der Waals surface area contributed by atoms with Crippen LogP contribution in [0.2, 0.25) is 0 Å². The van der Waals surface area contributed by atoms with Gasteiger partial charge in [0.05, 0.1) is 17.9 Å². The van der Waals surface area contributed by atoms with E-state index in [0.717, 1.165) is 27.7 Å². The molecule has 1 N–H and O–H groups in total. The van der Waals surface area contributed by atoms with Crippen LogP contribution < -0.4 is 14.8 Å². The van der Waals surface area contributed by atoms with Crippen molar-refractivity contribution >= 4 is 22.2 Å². The molecule has 2 aromatic heterocycles. The molecule has 1 atom stereocenters. The molecular formula is C16H16N4O3S. The number of benzene rings is 1. The summed E-state index contributed by atoms with van der Waals surface area (Å²) in [6, 6.07) is 5.61. The smallest absolute Gasteiger partial charge is 0.231 e. The van der Waals surface area contributed by atoms with E-state index in [4.69, 9.17) is 9.47 Å². The highest BCUT2D eigenvalue weighted by atomic mass is 32.1. The number of carbonyl (C=O) groups excluding carboxylic acids is 1. The quantitative estimate of drug-likeness (QED) is 0.769. The zero-order chi connectivity index (χ0) is 16.5. The molecule has 3 heterocycles. The van der Waals surface area contributed by atoms with E-state index < -0.39 is 0 Å². The van der Waals surface area contributed by atoms with Gasteiger partial charge in [-0.1, -0.05) is 17.4 Å². The third-order valence-corrected chi connectivity index (χ3v) is 4.59. The first kappa shape index (κ1) is 14.9. The van der Waals surface area contributed by atoms with Gasteiger partial charge in [-0.2, -0.15) is 5.10 Å². The van der Waals surface area contributed by atoms with Crippen LogP contribution in [0.25, 0.3) is 4.96 Å². The summed E-state index contributed by atoms with van der Waals surface area (Å²) in [5.74, 6) is 1.49. The second kappa shape index (κ2) is 6.12. The summed E-state index contributed by atoms with van der Waals surface area (Å²) >= 11 is 1.47. The molecule has 8 heteroatoms. The largest absolute Gasteiger partial charge is 0.454 e. The van der Waals surface area contributed by atoms with Crippen molar-refractivity contribution in [2.24, 2.45) is 0 Å². The van der Waals surface area contributed by atoms with Crippen molar-refractivity contribution in [3.05, 3.63) is 41.2 Å². The molecule has 3 aromatic rings. The van der Waals surface area contributed by atoms with Gasteiger partial charge in [-0.25, -0.2) is 9.50 Å². The first-order valence-corrected chi connectivity index (χ1v) is 8.53. The Morgan fingerprint density at radius 3 is 3.17 bits per heavy atom. The van der Waals surface area contributed by atoms with Gasteiger partial charge in [0, 0.05) is 6.42 Å². The van der Waals surface area contributed by atoms with Gasteiger partial charge in [-0.05, 0) is 31.0 Å².